The molecule has 1 unspecified atom stereocenters. The van der Waals surface area contributed by atoms with E-state index in [-0.39, 0.29) is 0 Å². The molecule has 1 N–H and O–H groups in total. The van der Waals surface area contributed by atoms with E-state index < -0.39 is 0 Å². The number of imidazole rings is 1. The molecule has 0 saturated heterocycles. The molecule has 104 valence electrons. The number of nitrogens with one attached hydrogen (secondary N) is 1. The number of nitrogens with zero attached hydrogens (tertiary/aromatic N) is 4. The Labute approximate surface area is 129 Å². The maximum Gasteiger partial charge on any atom is 0.155 e. The van der Waals surface area contributed by atoms with Crippen molar-refractivity contribution < 1.29 is 0 Å². The van der Waals surface area contributed by atoms with E-state index in [0.717, 1.165) is 29.0 Å². The molecule has 0 aromatic carbocycles. The van der Waals surface area contributed by atoms with E-state index in [1.165, 1.54) is 5.01 Å². The molecule has 3 rings (SSSR count). The Morgan fingerprint density at radius 3 is 3.05 bits per heavy atom. The van der Waals surface area contributed by atoms with Crippen molar-refractivity contribution in [3.63, 3.8) is 0 Å². The quantitative estimate of drug-likeness (QED) is 0.767. The van der Waals surface area contributed by atoms with Crippen LogP contribution in [0.1, 0.15) is 23.5 Å². The molecule has 0 aliphatic rings. The summed E-state index contributed by atoms with van der Waals surface area (Å²) in [7, 11) is 0. The van der Waals surface area contributed by atoms with Crippen molar-refractivity contribution in [3.8, 4) is 0 Å². The molecule has 0 bridgehead atoms. The van der Waals surface area contributed by atoms with Gasteiger partial charge < -0.3 is 5.32 Å². The summed E-state index contributed by atoms with van der Waals surface area (Å²) in [5.41, 5.74) is 1.98. The summed E-state index contributed by atoms with van der Waals surface area (Å²) in [6.07, 6.45) is 7.42. The van der Waals surface area contributed by atoms with Crippen LogP contribution in [0.2, 0.25) is 0 Å². The summed E-state index contributed by atoms with van der Waals surface area (Å²) in [5, 5.41) is 6.64. The Morgan fingerprint density at radius 1 is 1.35 bits per heavy atom. The highest BCUT2D eigenvalue weighted by Gasteiger charge is 2.09. The number of fused-ring (bicyclic) bond motifs is 1. The number of thiazole rings is 1. The maximum absolute atomic E-state index is 4.34. The molecule has 5 nitrogen and oxygen atoms in total. The largest absolute Gasteiger partial charge is 0.310 e. The zero-order chi connectivity index (χ0) is 13.9. The van der Waals surface area contributed by atoms with Gasteiger partial charge in [-0.05, 0) is 15.9 Å². The Morgan fingerprint density at radius 2 is 2.25 bits per heavy atom. The zero-order valence-electron chi connectivity index (χ0n) is 11.0. The Bertz CT molecular complexity index is 694. The van der Waals surface area contributed by atoms with Gasteiger partial charge in [0.15, 0.2) is 5.65 Å². The van der Waals surface area contributed by atoms with Crippen molar-refractivity contribution in [3.05, 3.63) is 45.5 Å². The predicted octanol–water partition coefficient (Wildman–Crippen LogP) is 2.84. The monoisotopic (exact) mass is 351 g/mol. The summed E-state index contributed by atoms with van der Waals surface area (Å²) in [5.74, 6) is 0.419. The van der Waals surface area contributed by atoms with Crippen LogP contribution in [-0.4, -0.2) is 25.9 Å². The first-order valence-electron chi connectivity index (χ1n) is 6.31. The molecule has 0 radical (unpaired) electrons. The summed E-state index contributed by atoms with van der Waals surface area (Å²) in [6.45, 7) is 3.85. The van der Waals surface area contributed by atoms with E-state index in [1.54, 1.807) is 17.5 Å². The van der Waals surface area contributed by atoms with Gasteiger partial charge >= 0.3 is 0 Å². The smallest absolute Gasteiger partial charge is 0.155 e. The van der Waals surface area contributed by atoms with Gasteiger partial charge in [-0.2, -0.15) is 0 Å². The number of halogens is 1. The topological polar surface area (TPSA) is 55.1 Å². The number of aromatic nitrogens is 4. The van der Waals surface area contributed by atoms with E-state index >= 15 is 0 Å². The fourth-order valence-electron chi connectivity index (χ4n) is 2.03. The van der Waals surface area contributed by atoms with Gasteiger partial charge in [0.25, 0.3) is 0 Å². The molecular weight excluding hydrogens is 338 g/mol. The molecule has 20 heavy (non-hydrogen) atoms. The summed E-state index contributed by atoms with van der Waals surface area (Å²) in [4.78, 5) is 12.8. The maximum atomic E-state index is 4.34. The molecular formula is C13H14BrN5S. The van der Waals surface area contributed by atoms with Gasteiger partial charge in [0.05, 0.1) is 23.1 Å². The highest BCUT2D eigenvalue weighted by molar-refractivity contribution is 9.10. The second-order valence-corrected chi connectivity index (χ2v) is 6.33. The van der Waals surface area contributed by atoms with Crippen molar-refractivity contribution >= 4 is 32.9 Å². The van der Waals surface area contributed by atoms with Crippen molar-refractivity contribution in [1.82, 2.24) is 24.7 Å². The molecule has 3 aromatic rings. The molecule has 0 spiro atoms. The van der Waals surface area contributed by atoms with Gasteiger partial charge in [-0.25, -0.2) is 15.0 Å². The first kappa shape index (κ1) is 13.7. The van der Waals surface area contributed by atoms with Crippen LogP contribution in [0.15, 0.2) is 34.8 Å². The number of hydrogen-bond donors (Lipinski definition) is 1. The third-order valence-corrected chi connectivity index (χ3v) is 4.49. The number of rotatable bonds is 5. The minimum atomic E-state index is 0.419. The highest BCUT2D eigenvalue weighted by atomic mass is 79.9. The fourth-order valence-corrected chi connectivity index (χ4v) is 3.03. The lowest BCUT2D eigenvalue weighted by Crippen LogP contribution is -2.20. The standard InChI is InChI=1S/C13H14BrN5S/c1-9(13-16-2-3-20-13)4-15-5-10-6-18-12-7-17-11(14)8-19(10)12/h2-3,6-9,15H,4-5H2,1H3. The lowest BCUT2D eigenvalue weighted by Gasteiger charge is -2.09. The average Bonchev–Trinajstić information content (AvgIpc) is 3.08. The van der Waals surface area contributed by atoms with Crippen molar-refractivity contribution in [2.45, 2.75) is 19.4 Å². The van der Waals surface area contributed by atoms with Crippen LogP contribution in [0.4, 0.5) is 0 Å². The third-order valence-electron chi connectivity index (χ3n) is 3.07. The summed E-state index contributed by atoms with van der Waals surface area (Å²) >= 11 is 5.08. The molecule has 0 aliphatic heterocycles. The lowest BCUT2D eigenvalue weighted by atomic mass is 10.2. The molecule has 3 heterocycles. The van der Waals surface area contributed by atoms with Crippen LogP contribution in [0.25, 0.3) is 5.65 Å². The van der Waals surface area contributed by atoms with Crippen LogP contribution in [0.3, 0.4) is 0 Å². The van der Waals surface area contributed by atoms with Crippen LogP contribution in [0, 0.1) is 0 Å². The summed E-state index contributed by atoms with van der Waals surface area (Å²) in [6, 6.07) is 0. The van der Waals surface area contributed by atoms with Gasteiger partial charge in [-0.3, -0.25) is 4.40 Å². The van der Waals surface area contributed by atoms with Gasteiger partial charge in [0.2, 0.25) is 0 Å². The van der Waals surface area contributed by atoms with Gasteiger partial charge in [-0.15, -0.1) is 11.3 Å². The Kier molecular flexibility index (Phi) is 4.09. The van der Waals surface area contributed by atoms with Gasteiger partial charge in [0.1, 0.15) is 4.60 Å². The van der Waals surface area contributed by atoms with Crippen LogP contribution >= 0.6 is 27.3 Å². The highest BCUT2D eigenvalue weighted by Crippen LogP contribution is 2.16. The zero-order valence-corrected chi connectivity index (χ0v) is 13.4. The van der Waals surface area contributed by atoms with E-state index in [9.17, 15) is 0 Å². The average molecular weight is 352 g/mol. The minimum Gasteiger partial charge on any atom is -0.310 e. The second kappa shape index (κ2) is 5.99. The molecule has 1 atom stereocenters. The van der Waals surface area contributed by atoms with Crippen LogP contribution in [-0.2, 0) is 6.54 Å². The summed E-state index contributed by atoms with van der Waals surface area (Å²) < 4.78 is 2.85. The molecule has 3 aromatic heterocycles. The third kappa shape index (κ3) is 2.89. The van der Waals surface area contributed by atoms with Crippen molar-refractivity contribution in [2.24, 2.45) is 0 Å². The lowest BCUT2D eigenvalue weighted by molar-refractivity contribution is 0.604. The first-order valence-corrected chi connectivity index (χ1v) is 7.99. The predicted molar refractivity (Wildman–Crippen MR) is 82.9 cm³/mol. The van der Waals surface area contributed by atoms with Crippen molar-refractivity contribution in [2.75, 3.05) is 6.54 Å². The first-order chi connectivity index (χ1) is 9.74. The number of hydrogen-bond acceptors (Lipinski definition) is 5. The molecule has 0 saturated carbocycles. The normalized spacial score (nSPS) is 12.9. The molecule has 0 fully saturated rings. The fraction of sp³-hybridized carbons (Fsp3) is 0.308. The van der Waals surface area contributed by atoms with Crippen LogP contribution in [0.5, 0.6) is 0 Å². The molecule has 0 aliphatic carbocycles. The van der Waals surface area contributed by atoms with Gasteiger partial charge in [-0.1, -0.05) is 6.92 Å². The van der Waals surface area contributed by atoms with Crippen molar-refractivity contribution in [1.29, 1.82) is 0 Å². The molecule has 7 heteroatoms. The second-order valence-electron chi connectivity index (χ2n) is 4.59. The Hall–Kier alpha value is -1.31. The minimum absolute atomic E-state index is 0.419. The SMILES string of the molecule is CC(CNCc1cnc2cnc(Br)cn12)c1nccs1. The van der Waals surface area contributed by atoms with E-state index in [0.29, 0.717) is 5.92 Å². The molecule has 0 amide bonds. The van der Waals surface area contributed by atoms with Gasteiger partial charge in [0, 0.05) is 36.8 Å². The van der Waals surface area contributed by atoms with Crippen LogP contribution < -0.4 is 5.32 Å². The van der Waals surface area contributed by atoms with E-state index in [4.69, 9.17) is 0 Å². The van der Waals surface area contributed by atoms with E-state index in [1.807, 2.05) is 28.4 Å². The van der Waals surface area contributed by atoms with E-state index in [2.05, 4.69) is 43.1 Å². The Balaban J connectivity index is 1.64.